The maximum absolute atomic E-state index is 6.03. The third-order valence-electron chi connectivity index (χ3n) is 1.97. The van der Waals surface area contributed by atoms with Crippen molar-refractivity contribution in [3.05, 3.63) is 41.7 Å². The number of halogens is 1. The van der Waals surface area contributed by atoms with Gasteiger partial charge in [0.05, 0.1) is 28.8 Å². The van der Waals surface area contributed by atoms with Gasteiger partial charge in [-0.2, -0.15) is 5.10 Å². The van der Waals surface area contributed by atoms with Crippen LogP contribution in [0.5, 0.6) is 0 Å². The van der Waals surface area contributed by atoms with Crippen LogP contribution in [-0.4, -0.2) is 16.8 Å². The van der Waals surface area contributed by atoms with Gasteiger partial charge in [-0.3, -0.25) is 0 Å². The van der Waals surface area contributed by atoms with E-state index in [1.807, 2.05) is 37.5 Å². The van der Waals surface area contributed by atoms with E-state index in [-0.39, 0.29) is 0 Å². The molecule has 2 rings (SSSR count). The van der Waals surface area contributed by atoms with Crippen LogP contribution in [0.2, 0.25) is 5.02 Å². The van der Waals surface area contributed by atoms with Crippen LogP contribution < -0.4 is 5.32 Å². The summed E-state index contributed by atoms with van der Waals surface area (Å²) in [5.41, 5.74) is 1.85. The SMILES string of the molecule is CNc1cnn(-c2ccccc2Cl)c1. The molecule has 0 aliphatic carbocycles. The molecular weight excluding hydrogens is 198 g/mol. The van der Waals surface area contributed by atoms with Gasteiger partial charge in [-0.25, -0.2) is 4.68 Å². The zero-order valence-electron chi connectivity index (χ0n) is 7.74. The molecule has 0 aliphatic rings. The van der Waals surface area contributed by atoms with Crippen molar-refractivity contribution in [2.75, 3.05) is 12.4 Å². The van der Waals surface area contributed by atoms with Gasteiger partial charge in [0.1, 0.15) is 0 Å². The van der Waals surface area contributed by atoms with Crippen molar-refractivity contribution in [3.8, 4) is 5.69 Å². The monoisotopic (exact) mass is 207 g/mol. The highest BCUT2D eigenvalue weighted by molar-refractivity contribution is 6.32. The van der Waals surface area contributed by atoms with E-state index < -0.39 is 0 Å². The second kappa shape index (κ2) is 3.72. The first kappa shape index (κ1) is 9.09. The van der Waals surface area contributed by atoms with Crippen LogP contribution in [-0.2, 0) is 0 Å². The maximum atomic E-state index is 6.03. The molecule has 72 valence electrons. The minimum absolute atomic E-state index is 0.693. The molecule has 1 heterocycles. The lowest BCUT2D eigenvalue weighted by Crippen LogP contribution is -1.94. The van der Waals surface area contributed by atoms with Gasteiger partial charge in [0.25, 0.3) is 0 Å². The fraction of sp³-hybridized carbons (Fsp3) is 0.100. The second-order valence-corrected chi connectivity index (χ2v) is 3.28. The molecule has 0 spiro atoms. The molecule has 0 unspecified atom stereocenters. The normalized spacial score (nSPS) is 10.1. The summed E-state index contributed by atoms with van der Waals surface area (Å²) < 4.78 is 1.74. The topological polar surface area (TPSA) is 29.9 Å². The van der Waals surface area contributed by atoms with Crippen molar-refractivity contribution in [3.63, 3.8) is 0 Å². The molecule has 14 heavy (non-hydrogen) atoms. The largest absolute Gasteiger partial charge is 0.386 e. The van der Waals surface area contributed by atoms with E-state index in [2.05, 4.69) is 10.4 Å². The number of anilines is 1. The number of hydrogen-bond acceptors (Lipinski definition) is 2. The van der Waals surface area contributed by atoms with Crippen LogP contribution in [0.1, 0.15) is 0 Å². The third-order valence-corrected chi connectivity index (χ3v) is 2.29. The first-order valence-corrected chi connectivity index (χ1v) is 4.66. The van der Waals surface area contributed by atoms with Crippen LogP contribution in [0.4, 0.5) is 5.69 Å². The summed E-state index contributed by atoms with van der Waals surface area (Å²) in [7, 11) is 1.86. The molecule has 0 aliphatic heterocycles. The Kier molecular flexibility index (Phi) is 2.41. The van der Waals surface area contributed by atoms with E-state index in [1.54, 1.807) is 10.9 Å². The molecule has 0 bridgehead atoms. The van der Waals surface area contributed by atoms with Gasteiger partial charge >= 0.3 is 0 Å². The van der Waals surface area contributed by atoms with Gasteiger partial charge in [0, 0.05) is 7.05 Å². The highest BCUT2D eigenvalue weighted by atomic mass is 35.5. The molecule has 0 saturated carbocycles. The first-order valence-electron chi connectivity index (χ1n) is 4.28. The average molecular weight is 208 g/mol. The number of rotatable bonds is 2. The molecule has 0 atom stereocenters. The van der Waals surface area contributed by atoms with E-state index in [4.69, 9.17) is 11.6 Å². The van der Waals surface area contributed by atoms with E-state index >= 15 is 0 Å². The molecular formula is C10H10ClN3. The van der Waals surface area contributed by atoms with E-state index in [0.717, 1.165) is 11.4 Å². The molecule has 0 fully saturated rings. The lowest BCUT2D eigenvalue weighted by molar-refractivity contribution is 0.881. The summed E-state index contributed by atoms with van der Waals surface area (Å²) in [6.45, 7) is 0. The number of nitrogens with zero attached hydrogens (tertiary/aromatic N) is 2. The van der Waals surface area contributed by atoms with Crippen molar-refractivity contribution in [1.29, 1.82) is 0 Å². The van der Waals surface area contributed by atoms with Crippen molar-refractivity contribution in [2.45, 2.75) is 0 Å². The molecule has 0 saturated heterocycles. The quantitative estimate of drug-likeness (QED) is 0.821. The molecule has 1 aromatic carbocycles. The van der Waals surface area contributed by atoms with E-state index in [9.17, 15) is 0 Å². The fourth-order valence-corrected chi connectivity index (χ4v) is 1.44. The van der Waals surface area contributed by atoms with E-state index in [1.165, 1.54) is 0 Å². The van der Waals surface area contributed by atoms with Gasteiger partial charge < -0.3 is 5.32 Å². The second-order valence-electron chi connectivity index (χ2n) is 2.87. The number of nitrogens with one attached hydrogen (secondary N) is 1. The van der Waals surface area contributed by atoms with Crippen LogP contribution in [0.15, 0.2) is 36.7 Å². The van der Waals surface area contributed by atoms with Crippen LogP contribution in [0.25, 0.3) is 5.69 Å². The standard InChI is InChI=1S/C10H10ClN3/c1-12-8-6-13-14(7-8)10-5-3-2-4-9(10)11/h2-7,12H,1H3. The molecule has 4 heteroatoms. The lowest BCUT2D eigenvalue weighted by atomic mass is 10.3. The summed E-state index contributed by atoms with van der Waals surface area (Å²) >= 11 is 6.03. The van der Waals surface area contributed by atoms with Crippen molar-refractivity contribution in [2.24, 2.45) is 0 Å². The molecule has 0 radical (unpaired) electrons. The molecule has 2 aromatic rings. The Balaban J connectivity index is 2.44. The lowest BCUT2D eigenvalue weighted by Gasteiger charge is -2.02. The minimum atomic E-state index is 0.693. The van der Waals surface area contributed by atoms with Gasteiger partial charge in [-0.1, -0.05) is 23.7 Å². The fourth-order valence-electron chi connectivity index (χ4n) is 1.22. The maximum Gasteiger partial charge on any atom is 0.0832 e. The Morgan fingerprint density at radius 1 is 1.36 bits per heavy atom. The Bertz CT molecular complexity index is 436. The van der Waals surface area contributed by atoms with Crippen LogP contribution >= 0.6 is 11.6 Å². The van der Waals surface area contributed by atoms with Crippen molar-refractivity contribution in [1.82, 2.24) is 9.78 Å². The van der Waals surface area contributed by atoms with Crippen LogP contribution in [0.3, 0.4) is 0 Å². The summed E-state index contributed by atoms with van der Waals surface area (Å²) in [6, 6.07) is 7.60. The van der Waals surface area contributed by atoms with Gasteiger partial charge in [0.2, 0.25) is 0 Å². The minimum Gasteiger partial charge on any atom is -0.386 e. The third kappa shape index (κ3) is 1.59. The van der Waals surface area contributed by atoms with E-state index in [0.29, 0.717) is 5.02 Å². The highest BCUT2D eigenvalue weighted by Gasteiger charge is 2.02. The summed E-state index contributed by atoms with van der Waals surface area (Å²) in [6.07, 6.45) is 3.64. The Hall–Kier alpha value is -1.48. The van der Waals surface area contributed by atoms with Crippen molar-refractivity contribution < 1.29 is 0 Å². The zero-order chi connectivity index (χ0) is 9.97. The Labute approximate surface area is 87.3 Å². The summed E-state index contributed by atoms with van der Waals surface area (Å²) in [5, 5.41) is 7.89. The number of hydrogen-bond donors (Lipinski definition) is 1. The number of para-hydroxylation sites is 1. The molecule has 1 aromatic heterocycles. The summed E-state index contributed by atoms with van der Waals surface area (Å²) in [4.78, 5) is 0. The van der Waals surface area contributed by atoms with Crippen LogP contribution in [0, 0.1) is 0 Å². The number of benzene rings is 1. The Morgan fingerprint density at radius 2 is 2.14 bits per heavy atom. The highest BCUT2D eigenvalue weighted by Crippen LogP contribution is 2.19. The smallest absolute Gasteiger partial charge is 0.0832 e. The number of aromatic nitrogens is 2. The first-order chi connectivity index (χ1) is 6.81. The zero-order valence-corrected chi connectivity index (χ0v) is 8.49. The predicted octanol–water partition coefficient (Wildman–Crippen LogP) is 2.57. The van der Waals surface area contributed by atoms with Gasteiger partial charge in [-0.15, -0.1) is 0 Å². The average Bonchev–Trinajstić information content (AvgIpc) is 2.67. The molecule has 3 nitrogen and oxygen atoms in total. The Morgan fingerprint density at radius 3 is 2.79 bits per heavy atom. The predicted molar refractivity (Wildman–Crippen MR) is 58.1 cm³/mol. The van der Waals surface area contributed by atoms with Gasteiger partial charge in [-0.05, 0) is 12.1 Å². The summed E-state index contributed by atoms with van der Waals surface area (Å²) in [5.74, 6) is 0. The molecule has 0 amide bonds. The van der Waals surface area contributed by atoms with Crippen molar-refractivity contribution >= 4 is 17.3 Å². The van der Waals surface area contributed by atoms with Gasteiger partial charge in [0.15, 0.2) is 0 Å². The molecule has 1 N–H and O–H groups in total.